The fourth-order valence-corrected chi connectivity index (χ4v) is 3.99. The summed E-state index contributed by atoms with van der Waals surface area (Å²) in [6.45, 7) is 5.29. The van der Waals surface area contributed by atoms with Crippen LogP contribution in [0.3, 0.4) is 0 Å². The van der Waals surface area contributed by atoms with E-state index >= 15 is 0 Å². The Bertz CT molecular complexity index is 694. The molecule has 0 spiro atoms. The Morgan fingerprint density at radius 1 is 1.40 bits per heavy atom. The standard InChI is InChI=1S/C19H26N2O3S/c1-13-5-3-4-6-16(13)23-10-9-20-18(22)11-15-12-25-19(21-15)17-8-7-14(2)24-17/h7-8,12-13,16H,3-6,9-11H2,1-2H3,(H,20,22). The van der Waals surface area contributed by atoms with E-state index in [4.69, 9.17) is 9.15 Å². The van der Waals surface area contributed by atoms with Gasteiger partial charge >= 0.3 is 0 Å². The number of hydrogen-bond acceptors (Lipinski definition) is 5. The second-order valence-electron chi connectivity index (χ2n) is 6.75. The van der Waals surface area contributed by atoms with Gasteiger partial charge in [0.25, 0.3) is 0 Å². The van der Waals surface area contributed by atoms with E-state index in [1.807, 2.05) is 24.4 Å². The third-order valence-corrected chi connectivity index (χ3v) is 5.54. The Morgan fingerprint density at radius 3 is 3.00 bits per heavy atom. The number of amides is 1. The zero-order valence-corrected chi connectivity index (χ0v) is 15.7. The maximum atomic E-state index is 12.1. The number of nitrogens with zero attached hydrogens (tertiary/aromatic N) is 1. The number of aromatic nitrogens is 1. The summed E-state index contributed by atoms with van der Waals surface area (Å²) in [5.74, 6) is 2.22. The van der Waals surface area contributed by atoms with Crippen molar-refractivity contribution in [2.45, 2.75) is 52.1 Å². The number of carbonyl (C=O) groups excluding carboxylic acids is 1. The number of ether oxygens (including phenoxy) is 1. The molecule has 1 aliphatic carbocycles. The molecule has 1 saturated carbocycles. The maximum absolute atomic E-state index is 12.1. The van der Waals surface area contributed by atoms with E-state index in [0.29, 0.717) is 25.2 Å². The molecule has 2 aromatic heterocycles. The zero-order chi connectivity index (χ0) is 17.6. The van der Waals surface area contributed by atoms with E-state index in [1.54, 1.807) is 0 Å². The van der Waals surface area contributed by atoms with Crippen molar-refractivity contribution >= 4 is 17.2 Å². The quantitative estimate of drug-likeness (QED) is 0.757. The lowest BCUT2D eigenvalue weighted by Crippen LogP contribution is -2.32. The topological polar surface area (TPSA) is 64.4 Å². The van der Waals surface area contributed by atoms with E-state index in [-0.39, 0.29) is 12.3 Å². The first-order valence-electron chi connectivity index (χ1n) is 9.01. The number of furan rings is 1. The third kappa shape index (κ3) is 5.16. The highest BCUT2D eigenvalue weighted by molar-refractivity contribution is 7.13. The summed E-state index contributed by atoms with van der Waals surface area (Å²) >= 11 is 1.50. The molecule has 0 aromatic carbocycles. The molecule has 3 rings (SSSR count). The van der Waals surface area contributed by atoms with Crippen LogP contribution < -0.4 is 5.32 Å². The molecule has 136 valence electrons. The van der Waals surface area contributed by atoms with Crippen molar-refractivity contribution in [2.24, 2.45) is 5.92 Å². The van der Waals surface area contributed by atoms with Gasteiger partial charge < -0.3 is 14.5 Å². The fourth-order valence-electron chi connectivity index (χ4n) is 3.21. The van der Waals surface area contributed by atoms with Crippen LogP contribution in [0.5, 0.6) is 0 Å². The van der Waals surface area contributed by atoms with Gasteiger partial charge in [-0.25, -0.2) is 4.98 Å². The number of hydrogen-bond donors (Lipinski definition) is 1. The lowest BCUT2D eigenvalue weighted by molar-refractivity contribution is -0.121. The molecule has 0 aliphatic heterocycles. The maximum Gasteiger partial charge on any atom is 0.226 e. The van der Waals surface area contributed by atoms with Gasteiger partial charge in [0, 0.05) is 11.9 Å². The van der Waals surface area contributed by atoms with Gasteiger partial charge in [-0.1, -0.05) is 19.8 Å². The average Bonchev–Trinajstić information content (AvgIpc) is 3.22. The molecule has 2 heterocycles. The van der Waals surface area contributed by atoms with Crippen LogP contribution >= 0.6 is 11.3 Å². The van der Waals surface area contributed by atoms with Crippen LogP contribution in [0.25, 0.3) is 10.8 Å². The molecule has 25 heavy (non-hydrogen) atoms. The number of aryl methyl sites for hydroxylation is 1. The van der Waals surface area contributed by atoms with Crippen molar-refractivity contribution in [3.8, 4) is 10.8 Å². The van der Waals surface area contributed by atoms with Gasteiger partial charge in [-0.2, -0.15) is 0 Å². The van der Waals surface area contributed by atoms with Gasteiger partial charge in [0.2, 0.25) is 5.91 Å². The summed E-state index contributed by atoms with van der Waals surface area (Å²) in [6.07, 6.45) is 5.59. The van der Waals surface area contributed by atoms with Crippen molar-refractivity contribution in [2.75, 3.05) is 13.2 Å². The van der Waals surface area contributed by atoms with Crippen molar-refractivity contribution < 1.29 is 13.9 Å². The summed E-state index contributed by atoms with van der Waals surface area (Å²) in [5.41, 5.74) is 0.772. The van der Waals surface area contributed by atoms with Gasteiger partial charge in [-0.05, 0) is 37.8 Å². The van der Waals surface area contributed by atoms with Crippen LogP contribution in [-0.2, 0) is 16.0 Å². The number of rotatable bonds is 7. The Labute approximate surface area is 152 Å². The Balaban J connectivity index is 1.38. The van der Waals surface area contributed by atoms with E-state index < -0.39 is 0 Å². The lowest BCUT2D eigenvalue weighted by Gasteiger charge is -2.28. The Kier molecular flexibility index (Phi) is 6.26. The molecule has 5 nitrogen and oxygen atoms in total. The van der Waals surface area contributed by atoms with Crippen LogP contribution in [0.2, 0.25) is 0 Å². The predicted octanol–water partition coefficient (Wildman–Crippen LogP) is 3.97. The van der Waals surface area contributed by atoms with Crippen LogP contribution in [0, 0.1) is 12.8 Å². The summed E-state index contributed by atoms with van der Waals surface area (Å²) in [4.78, 5) is 16.5. The van der Waals surface area contributed by atoms with Gasteiger partial charge in [0.1, 0.15) is 5.76 Å². The highest BCUT2D eigenvalue weighted by Gasteiger charge is 2.21. The number of thiazole rings is 1. The second-order valence-corrected chi connectivity index (χ2v) is 7.61. The summed E-state index contributed by atoms with van der Waals surface area (Å²) in [5, 5.41) is 5.64. The molecule has 1 aliphatic rings. The minimum absolute atomic E-state index is 0.0206. The fraction of sp³-hybridized carbons (Fsp3) is 0.579. The molecule has 0 radical (unpaired) electrons. The largest absolute Gasteiger partial charge is 0.459 e. The highest BCUT2D eigenvalue weighted by Crippen LogP contribution is 2.26. The molecule has 2 aromatic rings. The molecule has 2 unspecified atom stereocenters. The van der Waals surface area contributed by atoms with Crippen molar-refractivity contribution in [3.63, 3.8) is 0 Å². The minimum atomic E-state index is -0.0206. The number of nitrogens with one attached hydrogen (secondary N) is 1. The third-order valence-electron chi connectivity index (χ3n) is 4.63. The van der Waals surface area contributed by atoms with Gasteiger partial charge in [0.15, 0.2) is 10.8 Å². The molecule has 1 N–H and O–H groups in total. The van der Waals surface area contributed by atoms with Crippen molar-refractivity contribution in [1.82, 2.24) is 10.3 Å². The van der Waals surface area contributed by atoms with Gasteiger partial charge in [-0.15, -0.1) is 11.3 Å². The minimum Gasteiger partial charge on any atom is -0.459 e. The molecular weight excluding hydrogens is 336 g/mol. The molecular formula is C19H26N2O3S. The molecule has 1 amide bonds. The molecule has 0 saturated heterocycles. The van der Waals surface area contributed by atoms with E-state index in [1.165, 1.54) is 30.6 Å². The van der Waals surface area contributed by atoms with Crippen molar-refractivity contribution in [3.05, 3.63) is 29.0 Å². The molecule has 0 bridgehead atoms. The second kappa shape index (κ2) is 8.63. The molecule has 2 atom stereocenters. The molecule has 1 fully saturated rings. The van der Waals surface area contributed by atoms with E-state index in [9.17, 15) is 4.79 Å². The van der Waals surface area contributed by atoms with Crippen LogP contribution in [0.4, 0.5) is 0 Å². The lowest BCUT2D eigenvalue weighted by atomic mass is 9.88. The van der Waals surface area contributed by atoms with Gasteiger partial charge in [-0.3, -0.25) is 4.79 Å². The summed E-state index contributed by atoms with van der Waals surface area (Å²) in [6, 6.07) is 3.82. The number of carbonyl (C=O) groups is 1. The summed E-state index contributed by atoms with van der Waals surface area (Å²) in [7, 11) is 0. The predicted molar refractivity (Wildman–Crippen MR) is 98.6 cm³/mol. The average molecular weight is 362 g/mol. The first-order valence-corrected chi connectivity index (χ1v) is 9.89. The van der Waals surface area contributed by atoms with Gasteiger partial charge in [0.05, 0.1) is 24.8 Å². The van der Waals surface area contributed by atoms with E-state index in [2.05, 4.69) is 17.2 Å². The van der Waals surface area contributed by atoms with E-state index in [0.717, 1.165) is 28.6 Å². The van der Waals surface area contributed by atoms with Crippen LogP contribution in [0.15, 0.2) is 21.9 Å². The Morgan fingerprint density at radius 2 is 2.24 bits per heavy atom. The normalized spacial score (nSPS) is 20.6. The Hall–Kier alpha value is -1.66. The molecule has 6 heteroatoms. The first-order chi connectivity index (χ1) is 12.1. The smallest absolute Gasteiger partial charge is 0.226 e. The van der Waals surface area contributed by atoms with Crippen LogP contribution in [0.1, 0.15) is 44.1 Å². The first kappa shape index (κ1) is 18.1. The summed E-state index contributed by atoms with van der Waals surface area (Å²) < 4.78 is 11.5. The van der Waals surface area contributed by atoms with Crippen molar-refractivity contribution in [1.29, 1.82) is 0 Å². The zero-order valence-electron chi connectivity index (χ0n) is 14.9. The van der Waals surface area contributed by atoms with Crippen LogP contribution in [-0.4, -0.2) is 30.1 Å². The monoisotopic (exact) mass is 362 g/mol. The highest BCUT2D eigenvalue weighted by atomic mass is 32.1. The SMILES string of the molecule is Cc1ccc(-c2nc(CC(=O)NCCOC3CCCCC3C)cs2)o1.